The van der Waals surface area contributed by atoms with Gasteiger partial charge in [0, 0.05) is 39.6 Å². The number of hydrogen-bond acceptors (Lipinski definition) is 6. The summed E-state index contributed by atoms with van der Waals surface area (Å²) in [5.74, 6) is 0. The second-order valence-electron chi connectivity index (χ2n) is 24.2. The van der Waals surface area contributed by atoms with Gasteiger partial charge in [0.15, 0.2) is 0 Å². The zero-order chi connectivity index (χ0) is 44.0. The Morgan fingerprint density at radius 3 is 0.519 bits per heavy atom. The summed E-state index contributed by atoms with van der Waals surface area (Å²) >= 11 is 0. The van der Waals surface area contributed by atoms with Gasteiger partial charge in [0.05, 0.1) is 0 Å². The lowest BCUT2D eigenvalue weighted by Gasteiger charge is -2.09. The summed E-state index contributed by atoms with van der Waals surface area (Å²) in [4.78, 5) is 0. The third-order valence-electron chi connectivity index (χ3n) is 3.85. The van der Waals surface area contributed by atoms with E-state index in [2.05, 4.69) is 182 Å². The minimum Gasteiger partial charge on any atom is -0.381 e. The Balaban J connectivity index is -0.000000121. The molecule has 336 valence electrons. The van der Waals surface area contributed by atoms with E-state index in [4.69, 9.17) is 14.2 Å². The molecule has 3 aliphatic rings. The summed E-state index contributed by atoms with van der Waals surface area (Å²) < 4.78 is 15.6. The molecular weight excluding hydrogens is 667 g/mol. The van der Waals surface area contributed by atoms with Crippen molar-refractivity contribution in [2.75, 3.05) is 78.9 Å². The van der Waals surface area contributed by atoms with Crippen LogP contribution in [0.5, 0.6) is 0 Å². The molecular formula is C48H111N3O3. The summed E-state index contributed by atoms with van der Waals surface area (Å²) in [6.45, 7) is 64.9. The van der Waals surface area contributed by atoms with Crippen molar-refractivity contribution in [3.63, 3.8) is 0 Å². The molecule has 3 heterocycles. The maximum Gasteiger partial charge on any atom is 0.0488 e. The van der Waals surface area contributed by atoms with Crippen molar-refractivity contribution in [1.29, 1.82) is 0 Å². The number of nitrogens with one attached hydrogen (secondary N) is 3. The van der Waals surface area contributed by atoms with E-state index in [-0.39, 0.29) is 0 Å². The van der Waals surface area contributed by atoms with Crippen molar-refractivity contribution >= 4 is 0 Å². The van der Waals surface area contributed by atoms with E-state index < -0.39 is 0 Å². The van der Waals surface area contributed by atoms with E-state index in [0.717, 1.165) is 65.6 Å². The van der Waals surface area contributed by atoms with Crippen LogP contribution in [0.3, 0.4) is 0 Å². The molecule has 0 aromatic rings. The molecule has 0 atom stereocenters. The first-order valence-electron chi connectivity index (χ1n) is 21.9. The van der Waals surface area contributed by atoms with Crippen molar-refractivity contribution in [2.24, 2.45) is 32.5 Å². The average molecular weight is 778 g/mol. The normalized spacial score (nSPS) is 17.3. The van der Waals surface area contributed by atoms with E-state index in [1.54, 1.807) is 0 Å². The molecule has 0 radical (unpaired) electrons. The molecule has 3 fully saturated rings. The van der Waals surface area contributed by atoms with E-state index in [1.807, 2.05) is 0 Å². The second kappa shape index (κ2) is 39.6. The molecule has 0 amide bonds. The van der Waals surface area contributed by atoms with Crippen LogP contribution >= 0.6 is 0 Å². The molecule has 3 saturated heterocycles. The van der Waals surface area contributed by atoms with Crippen molar-refractivity contribution in [3.8, 4) is 0 Å². The van der Waals surface area contributed by atoms with Gasteiger partial charge in [-0.15, -0.1) is 0 Å². The van der Waals surface area contributed by atoms with Gasteiger partial charge in [0.2, 0.25) is 0 Å². The van der Waals surface area contributed by atoms with Crippen molar-refractivity contribution < 1.29 is 14.2 Å². The predicted octanol–water partition coefficient (Wildman–Crippen LogP) is 13.5. The van der Waals surface area contributed by atoms with Gasteiger partial charge in [-0.2, -0.15) is 0 Å². The quantitative estimate of drug-likeness (QED) is 0.228. The maximum atomic E-state index is 5.23. The average Bonchev–Trinajstić information content (AvgIpc) is 2.77. The highest BCUT2D eigenvalue weighted by Gasteiger charge is 1.99. The SMILES string of the molecule is C1CNCCCNC1.C1CNCCCOC1.C1COCCCOC1.CC(C)(C)C.CC(C)(C)C.CC(C)(C)C.CC(C)(C)C.CC(C)(C)C.CC(C)(C)C. The Hall–Kier alpha value is -0.240. The molecule has 3 aliphatic heterocycles. The maximum absolute atomic E-state index is 5.23. The molecule has 0 unspecified atom stereocenters. The fraction of sp³-hybridized carbons (Fsp3) is 1.00. The van der Waals surface area contributed by atoms with Crippen molar-refractivity contribution in [1.82, 2.24) is 16.0 Å². The van der Waals surface area contributed by atoms with Gasteiger partial charge in [-0.25, -0.2) is 0 Å². The van der Waals surface area contributed by atoms with E-state index in [9.17, 15) is 0 Å². The Bertz CT molecular complexity index is 446. The van der Waals surface area contributed by atoms with Crippen LogP contribution in [0.1, 0.15) is 205 Å². The first kappa shape index (κ1) is 65.6. The standard InChI is InChI=1S/C6H14N2.C6H13NO.C6H12O2.6C5H12/c1-3-7-5-2-6-8-4-1;1-3-7-4-2-6-8-5-1;1-3-7-5-2-6-8-4-1;6*1-5(2,3)4/h7-8H,1-6H2;7H,1-6H2;1-6H2;6*1-4H3. The Morgan fingerprint density at radius 1 is 0.222 bits per heavy atom. The molecule has 0 aromatic carbocycles. The van der Waals surface area contributed by atoms with Gasteiger partial charge in [-0.05, 0) is 110 Å². The number of hydrogen-bond donors (Lipinski definition) is 3. The highest BCUT2D eigenvalue weighted by atomic mass is 16.5. The van der Waals surface area contributed by atoms with Gasteiger partial charge in [0.1, 0.15) is 0 Å². The first-order valence-corrected chi connectivity index (χ1v) is 21.9. The fourth-order valence-electron chi connectivity index (χ4n) is 2.48. The first-order chi connectivity index (χ1) is 24.0. The van der Waals surface area contributed by atoms with Crippen molar-refractivity contribution in [3.05, 3.63) is 0 Å². The molecule has 0 aromatic heterocycles. The van der Waals surface area contributed by atoms with Gasteiger partial charge in [-0.1, -0.05) is 166 Å². The third-order valence-corrected chi connectivity index (χ3v) is 3.85. The lowest BCUT2D eigenvalue weighted by Crippen LogP contribution is -2.29. The third kappa shape index (κ3) is 236. The highest BCUT2D eigenvalue weighted by molar-refractivity contribution is 4.57. The van der Waals surface area contributed by atoms with E-state index in [0.29, 0.717) is 32.5 Å². The van der Waals surface area contributed by atoms with Crippen LogP contribution in [0, 0.1) is 32.5 Å². The zero-order valence-corrected chi connectivity index (χ0v) is 42.5. The van der Waals surface area contributed by atoms with Crippen LogP contribution in [0.25, 0.3) is 0 Å². The Kier molecular flexibility index (Phi) is 48.1. The number of ether oxygens (including phenoxy) is 3. The summed E-state index contributed by atoms with van der Waals surface area (Å²) in [6, 6.07) is 0. The van der Waals surface area contributed by atoms with E-state index in [1.165, 1.54) is 51.9 Å². The van der Waals surface area contributed by atoms with Gasteiger partial charge in [0.25, 0.3) is 0 Å². The van der Waals surface area contributed by atoms with Gasteiger partial charge < -0.3 is 30.2 Å². The van der Waals surface area contributed by atoms with Crippen LogP contribution in [-0.2, 0) is 14.2 Å². The van der Waals surface area contributed by atoms with Crippen LogP contribution in [0.15, 0.2) is 0 Å². The molecule has 3 N–H and O–H groups in total. The van der Waals surface area contributed by atoms with Crippen molar-refractivity contribution in [2.45, 2.75) is 205 Å². The minimum absolute atomic E-state index is 0.500. The Labute approximate surface area is 345 Å². The minimum atomic E-state index is 0.500. The van der Waals surface area contributed by atoms with Crippen LogP contribution in [-0.4, -0.2) is 78.9 Å². The summed E-state index contributed by atoms with van der Waals surface area (Å²) in [7, 11) is 0. The molecule has 0 spiro atoms. The zero-order valence-electron chi connectivity index (χ0n) is 42.5. The van der Waals surface area contributed by atoms with Gasteiger partial charge in [-0.3, -0.25) is 0 Å². The highest BCUT2D eigenvalue weighted by Crippen LogP contribution is 2.10. The molecule has 6 nitrogen and oxygen atoms in total. The van der Waals surface area contributed by atoms with Crippen LogP contribution in [0.4, 0.5) is 0 Å². The molecule has 6 heteroatoms. The lowest BCUT2D eigenvalue weighted by molar-refractivity contribution is 0.0368. The summed E-state index contributed by atoms with van der Waals surface area (Å²) in [6.07, 6.45) is 7.00. The fourth-order valence-corrected chi connectivity index (χ4v) is 2.48. The molecule has 3 rings (SSSR count). The number of rotatable bonds is 0. The second-order valence-corrected chi connectivity index (χ2v) is 24.2. The summed E-state index contributed by atoms with van der Waals surface area (Å²) in [5, 5.41) is 10.0. The molecule has 54 heavy (non-hydrogen) atoms. The van der Waals surface area contributed by atoms with Crippen LogP contribution in [0.2, 0.25) is 0 Å². The topological polar surface area (TPSA) is 63.8 Å². The van der Waals surface area contributed by atoms with E-state index >= 15 is 0 Å². The molecule has 0 aliphatic carbocycles. The predicted molar refractivity (Wildman–Crippen MR) is 250 cm³/mol. The summed E-state index contributed by atoms with van der Waals surface area (Å²) in [5.41, 5.74) is 3.00. The molecule has 0 saturated carbocycles. The largest absolute Gasteiger partial charge is 0.381 e. The monoisotopic (exact) mass is 778 g/mol. The van der Waals surface area contributed by atoms with Gasteiger partial charge >= 0.3 is 0 Å². The smallest absolute Gasteiger partial charge is 0.0488 e. The molecule has 0 bridgehead atoms. The lowest BCUT2D eigenvalue weighted by atomic mass is 10.0. The Morgan fingerprint density at radius 2 is 0.352 bits per heavy atom. The van der Waals surface area contributed by atoms with Crippen LogP contribution < -0.4 is 16.0 Å².